The van der Waals surface area contributed by atoms with Crippen LogP contribution in [0.4, 0.5) is 0 Å². The Morgan fingerprint density at radius 2 is 1.70 bits per heavy atom. The summed E-state index contributed by atoms with van der Waals surface area (Å²) in [4.78, 5) is 23.3. The van der Waals surface area contributed by atoms with Gasteiger partial charge in [-0.1, -0.05) is 20.8 Å². The molecule has 1 rings (SSSR count). The van der Waals surface area contributed by atoms with Gasteiger partial charge in [0.15, 0.2) is 0 Å². The molecule has 1 aliphatic carbocycles. The van der Waals surface area contributed by atoms with Crippen LogP contribution in [-0.4, -0.2) is 24.1 Å². The van der Waals surface area contributed by atoms with Crippen LogP contribution in [0.1, 0.15) is 72.1 Å². The van der Waals surface area contributed by atoms with Crippen molar-refractivity contribution < 1.29 is 19.1 Å². The lowest BCUT2D eigenvalue weighted by atomic mass is 10.1. The van der Waals surface area contributed by atoms with Gasteiger partial charge in [-0.3, -0.25) is 9.59 Å². The number of carbonyl (C=O) groups excluding carboxylic acids is 2. The van der Waals surface area contributed by atoms with Crippen LogP contribution in [0.2, 0.25) is 0 Å². The van der Waals surface area contributed by atoms with Crippen molar-refractivity contribution in [2.75, 3.05) is 0 Å². The van der Waals surface area contributed by atoms with Gasteiger partial charge in [0.1, 0.15) is 12.2 Å². The third kappa shape index (κ3) is 6.40. The van der Waals surface area contributed by atoms with E-state index in [1.165, 1.54) is 0 Å². The number of esters is 2. The van der Waals surface area contributed by atoms with E-state index < -0.39 is 0 Å². The second-order valence-electron chi connectivity index (χ2n) is 5.93. The molecule has 0 radical (unpaired) electrons. The predicted molar refractivity (Wildman–Crippen MR) is 77.2 cm³/mol. The van der Waals surface area contributed by atoms with Crippen LogP contribution in [0.5, 0.6) is 0 Å². The summed E-state index contributed by atoms with van der Waals surface area (Å²) in [6, 6.07) is 0. The van der Waals surface area contributed by atoms with Gasteiger partial charge in [-0.2, -0.15) is 0 Å². The maximum absolute atomic E-state index is 11.7. The zero-order chi connectivity index (χ0) is 15.0. The van der Waals surface area contributed by atoms with Crippen molar-refractivity contribution in [3.63, 3.8) is 0 Å². The molecule has 0 saturated heterocycles. The van der Waals surface area contributed by atoms with E-state index in [2.05, 4.69) is 0 Å². The highest BCUT2D eigenvalue weighted by Crippen LogP contribution is 2.21. The minimum absolute atomic E-state index is 0.0204. The van der Waals surface area contributed by atoms with Gasteiger partial charge in [-0.25, -0.2) is 0 Å². The van der Waals surface area contributed by atoms with Crippen molar-refractivity contribution in [1.82, 2.24) is 0 Å². The lowest BCUT2D eigenvalue weighted by Crippen LogP contribution is -2.23. The van der Waals surface area contributed by atoms with Gasteiger partial charge in [0, 0.05) is 12.8 Å². The average molecular weight is 284 g/mol. The molecule has 0 aliphatic heterocycles. The molecule has 0 aromatic carbocycles. The van der Waals surface area contributed by atoms with Crippen LogP contribution in [0.25, 0.3) is 0 Å². The Hall–Kier alpha value is -1.06. The lowest BCUT2D eigenvalue weighted by molar-refractivity contribution is -0.152. The van der Waals surface area contributed by atoms with Crippen LogP contribution in [0.3, 0.4) is 0 Å². The number of ether oxygens (including phenoxy) is 2. The van der Waals surface area contributed by atoms with Crippen molar-refractivity contribution in [2.45, 2.75) is 84.3 Å². The van der Waals surface area contributed by atoms with Gasteiger partial charge >= 0.3 is 11.9 Å². The molecule has 1 aliphatic rings. The molecule has 0 heterocycles. The number of hydrogen-bond donors (Lipinski definition) is 0. The van der Waals surface area contributed by atoms with Crippen molar-refractivity contribution >= 4 is 11.9 Å². The highest BCUT2D eigenvalue weighted by Gasteiger charge is 2.20. The smallest absolute Gasteiger partial charge is 0.306 e. The molecule has 0 aromatic rings. The Balaban J connectivity index is 2.12. The maximum Gasteiger partial charge on any atom is 0.306 e. The van der Waals surface area contributed by atoms with Crippen LogP contribution in [-0.2, 0) is 19.1 Å². The summed E-state index contributed by atoms with van der Waals surface area (Å²) in [5.74, 6) is -0.0592. The molecule has 0 spiro atoms. The fourth-order valence-corrected chi connectivity index (χ4v) is 2.55. The summed E-state index contributed by atoms with van der Waals surface area (Å²) in [5, 5.41) is 0. The second-order valence-corrected chi connectivity index (χ2v) is 5.93. The first-order valence-corrected chi connectivity index (χ1v) is 7.91. The molecule has 4 nitrogen and oxygen atoms in total. The van der Waals surface area contributed by atoms with Gasteiger partial charge in [0.25, 0.3) is 0 Å². The van der Waals surface area contributed by atoms with Gasteiger partial charge in [-0.15, -0.1) is 0 Å². The van der Waals surface area contributed by atoms with Crippen molar-refractivity contribution in [3.05, 3.63) is 0 Å². The summed E-state index contributed by atoms with van der Waals surface area (Å²) >= 11 is 0. The van der Waals surface area contributed by atoms with Crippen LogP contribution in [0.15, 0.2) is 0 Å². The third-order valence-electron chi connectivity index (χ3n) is 3.79. The van der Waals surface area contributed by atoms with E-state index in [9.17, 15) is 9.59 Å². The minimum Gasteiger partial charge on any atom is -0.462 e. The molecule has 4 heteroatoms. The largest absolute Gasteiger partial charge is 0.462 e. The number of hydrogen-bond acceptors (Lipinski definition) is 4. The second kappa shape index (κ2) is 8.98. The summed E-state index contributed by atoms with van der Waals surface area (Å²) in [7, 11) is 0. The zero-order valence-corrected chi connectivity index (χ0v) is 13.0. The van der Waals surface area contributed by atoms with Crippen LogP contribution in [0, 0.1) is 5.92 Å². The fraction of sp³-hybridized carbons (Fsp3) is 0.875. The van der Waals surface area contributed by atoms with Crippen molar-refractivity contribution in [1.29, 1.82) is 0 Å². The van der Waals surface area contributed by atoms with Gasteiger partial charge in [0.05, 0.1) is 0 Å². The Bertz CT molecular complexity index is 306. The Morgan fingerprint density at radius 1 is 1.10 bits per heavy atom. The molecule has 0 amide bonds. The molecule has 0 aromatic heterocycles. The van der Waals surface area contributed by atoms with E-state index >= 15 is 0 Å². The Kier molecular flexibility index (Phi) is 7.63. The molecule has 0 bridgehead atoms. The molecule has 20 heavy (non-hydrogen) atoms. The van der Waals surface area contributed by atoms with E-state index in [1.807, 2.05) is 20.8 Å². The maximum atomic E-state index is 11.7. The topological polar surface area (TPSA) is 52.6 Å². The van der Waals surface area contributed by atoms with Crippen molar-refractivity contribution in [2.24, 2.45) is 5.92 Å². The lowest BCUT2D eigenvalue weighted by Gasteiger charge is -2.19. The average Bonchev–Trinajstić information content (AvgIpc) is 2.88. The standard InChI is InChI=1S/C16H28O4/c1-4-14(12(2)3)20-16(18)11-7-10-15(17)19-13-8-5-6-9-13/h12-14H,4-11H2,1-3H3. The fourth-order valence-electron chi connectivity index (χ4n) is 2.55. The van der Waals surface area contributed by atoms with E-state index in [0.717, 1.165) is 32.1 Å². The van der Waals surface area contributed by atoms with Crippen LogP contribution >= 0.6 is 0 Å². The summed E-state index contributed by atoms with van der Waals surface area (Å²) < 4.78 is 10.7. The van der Waals surface area contributed by atoms with Gasteiger partial charge in [0.2, 0.25) is 0 Å². The van der Waals surface area contributed by atoms with Gasteiger partial charge in [-0.05, 0) is 44.4 Å². The Morgan fingerprint density at radius 3 is 2.25 bits per heavy atom. The van der Waals surface area contributed by atoms with Crippen LogP contribution < -0.4 is 0 Å². The highest BCUT2D eigenvalue weighted by atomic mass is 16.5. The highest BCUT2D eigenvalue weighted by molar-refractivity contribution is 5.72. The molecule has 1 atom stereocenters. The first kappa shape index (κ1) is 17.0. The SMILES string of the molecule is CCC(OC(=O)CCCC(=O)OC1CCCC1)C(C)C. The molecular formula is C16H28O4. The first-order valence-electron chi connectivity index (χ1n) is 7.91. The molecule has 1 saturated carbocycles. The molecule has 0 N–H and O–H groups in total. The summed E-state index contributed by atoms with van der Waals surface area (Å²) in [5.41, 5.74) is 0. The summed E-state index contributed by atoms with van der Waals surface area (Å²) in [6.45, 7) is 6.09. The van der Waals surface area contributed by atoms with E-state index in [1.54, 1.807) is 0 Å². The van der Waals surface area contributed by atoms with E-state index in [0.29, 0.717) is 25.2 Å². The quantitative estimate of drug-likeness (QED) is 0.639. The first-order chi connectivity index (χ1) is 9.52. The van der Waals surface area contributed by atoms with Crippen molar-refractivity contribution in [3.8, 4) is 0 Å². The van der Waals surface area contributed by atoms with Gasteiger partial charge < -0.3 is 9.47 Å². The third-order valence-corrected chi connectivity index (χ3v) is 3.79. The number of rotatable bonds is 8. The zero-order valence-electron chi connectivity index (χ0n) is 13.0. The molecule has 1 fully saturated rings. The predicted octanol–water partition coefficient (Wildman–Crippen LogP) is 3.62. The molecule has 116 valence electrons. The molecular weight excluding hydrogens is 256 g/mol. The Labute approximate surface area is 122 Å². The van der Waals surface area contributed by atoms with E-state index in [-0.39, 0.29) is 24.1 Å². The summed E-state index contributed by atoms with van der Waals surface area (Å²) in [6.07, 6.45) is 6.31. The molecule has 1 unspecified atom stereocenters. The normalized spacial score (nSPS) is 17.2. The van der Waals surface area contributed by atoms with E-state index in [4.69, 9.17) is 9.47 Å². The monoisotopic (exact) mass is 284 g/mol. The number of carbonyl (C=O) groups is 2. The minimum atomic E-state index is -0.209.